The number of nitrogens with one attached hydrogen (secondary N) is 1. The van der Waals surface area contributed by atoms with Crippen LogP contribution in [0.4, 0.5) is 5.69 Å². The highest BCUT2D eigenvalue weighted by molar-refractivity contribution is 7.80. The first kappa shape index (κ1) is 29.1. The second kappa shape index (κ2) is 12.3. The van der Waals surface area contributed by atoms with Crippen LogP contribution in [0.5, 0.6) is 0 Å². The molecule has 1 unspecified atom stereocenters. The Labute approximate surface area is 262 Å². The van der Waals surface area contributed by atoms with Gasteiger partial charge in [0.25, 0.3) is 5.91 Å². The molecule has 0 aliphatic carbocycles. The predicted molar refractivity (Wildman–Crippen MR) is 177 cm³/mol. The van der Waals surface area contributed by atoms with Gasteiger partial charge in [0.05, 0.1) is 11.4 Å². The van der Waals surface area contributed by atoms with Gasteiger partial charge in [0.2, 0.25) is 6.17 Å². The van der Waals surface area contributed by atoms with Crippen LogP contribution >= 0.6 is 23.8 Å². The van der Waals surface area contributed by atoms with Gasteiger partial charge in [-0.15, -0.1) is 0 Å². The van der Waals surface area contributed by atoms with E-state index in [0.717, 1.165) is 40.8 Å². The fourth-order valence-corrected chi connectivity index (χ4v) is 6.66. The van der Waals surface area contributed by atoms with Crippen LogP contribution in [0.1, 0.15) is 35.1 Å². The van der Waals surface area contributed by atoms with Crippen molar-refractivity contribution in [2.75, 3.05) is 25.0 Å². The van der Waals surface area contributed by atoms with E-state index in [1.807, 2.05) is 103 Å². The zero-order valence-corrected chi connectivity index (χ0v) is 25.4. The van der Waals surface area contributed by atoms with Crippen LogP contribution in [-0.2, 0) is 10.4 Å². The van der Waals surface area contributed by atoms with Crippen molar-refractivity contribution in [3.63, 3.8) is 0 Å². The molecule has 1 amide bonds. The number of thiocarbonyl (C=S) groups is 1. The number of benzene rings is 4. The van der Waals surface area contributed by atoms with Crippen LogP contribution in [0, 0.1) is 5.92 Å². The van der Waals surface area contributed by atoms with E-state index >= 15 is 0 Å². The molecule has 6 nitrogen and oxygen atoms in total. The third kappa shape index (κ3) is 5.68. The number of fused-ring (bicyclic) bond motifs is 1. The maximum absolute atomic E-state index is 13.7. The van der Waals surface area contributed by atoms with Gasteiger partial charge in [-0.1, -0.05) is 103 Å². The molecule has 2 heterocycles. The van der Waals surface area contributed by atoms with Crippen molar-refractivity contribution in [3.05, 3.63) is 136 Å². The molecule has 218 valence electrons. The molecule has 2 aliphatic rings. The van der Waals surface area contributed by atoms with Crippen molar-refractivity contribution in [1.82, 2.24) is 10.2 Å². The van der Waals surface area contributed by atoms with Crippen molar-refractivity contribution in [3.8, 4) is 0 Å². The molecule has 43 heavy (non-hydrogen) atoms. The first-order valence-corrected chi connectivity index (χ1v) is 15.2. The van der Waals surface area contributed by atoms with Gasteiger partial charge in [0.15, 0.2) is 5.11 Å². The maximum Gasteiger partial charge on any atom is 0.272 e. The third-order valence-corrected chi connectivity index (χ3v) is 9.12. The van der Waals surface area contributed by atoms with Crippen LogP contribution in [0.3, 0.4) is 0 Å². The van der Waals surface area contributed by atoms with Crippen LogP contribution in [0.25, 0.3) is 0 Å². The lowest BCUT2D eigenvalue weighted by Crippen LogP contribution is -2.53. The molecule has 1 saturated heterocycles. The Bertz CT molecular complexity index is 1600. The number of aliphatic imine (C=N–C) groups is 1. The highest BCUT2D eigenvalue weighted by Gasteiger charge is 2.42. The third-order valence-electron chi connectivity index (χ3n) is 8.51. The minimum Gasteiger partial charge on any atom is -0.380 e. The number of likely N-dealkylation sites (tertiary alicyclic amines) is 1. The molecular weight excluding hydrogens is 576 g/mol. The van der Waals surface area contributed by atoms with Crippen LogP contribution in [0.15, 0.2) is 114 Å². The summed E-state index contributed by atoms with van der Waals surface area (Å²) in [5.41, 5.74) is 3.72. The summed E-state index contributed by atoms with van der Waals surface area (Å²) >= 11 is 12.3. The maximum atomic E-state index is 13.7. The van der Waals surface area contributed by atoms with E-state index in [9.17, 15) is 9.90 Å². The minimum atomic E-state index is -1.12. The molecule has 8 heteroatoms. The first-order valence-electron chi connectivity index (χ1n) is 14.5. The minimum absolute atomic E-state index is 0.0102. The van der Waals surface area contributed by atoms with Crippen molar-refractivity contribution < 1.29 is 9.90 Å². The van der Waals surface area contributed by atoms with Gasteiger partial charge < -0.3 is 20.2 Å². The fraction of sp³-hybridized carbons (Fsp3) is 0.229. The molecular formula is C35H33ClN4O2S. The zero-order chi connectivity index (χ0) is 30.0. The normalized spacial score (nSPS) is 17.6. The van der Waals surface area contributed by atoms with Gasteiger partial charge in [-0.25, -0.2) is 4.99 Å². The van der Waals surface area contributed by atoms with Crippen LogP contribution < -0.4 is 10.2 Å². The molecule has 0 aromatic heterocycles. The SMILES string of the molecule is CN1C(=O)C(NC(=S)N2CCC(C(O)(c3ccccc3)c3ccccc3)CC2)N=C(c2ccccc2)c2cc(Cl)ccc21. The second-order valence-electron chi connectivity index (χ2n) is 11.0. The second-order valence-corrected chi connectivity index (χ2v) is 11.8. The molecule has 2 N–H and O–H groups in total. The van der Waals surface area contributed by atoms with E-state index in [4.69, 9.17) is 28.8 Å². The Morgan fingerprint density at radius 3 is 2.05 bits per heavy atom. The van der Waals surface area contributed by atoms with E-state index in [1.165, 1.54) is 0 Å². The molecule has 2 aliphatic heterocycles. The number of aliphatic hydroxyl groups is 1. The number of halogens is 1. The van der Waals surface area contributed by atoms with E-state index < -0.39 is 11.8 Å². The molecule has 0 bridgehead atoms. The number of hydrogen-bond acceptors (Lipinski definition) is 4. The largest absolute Gasteiger partial charge is 0.380 e. The zero-order valence-electron chi connectivity index (χ0n) is 23.9. The lowest BCUT2D eigenvalue weighted by molar-refractivity contribution is -0.119. The summed E-state index contributed by atoms with van der Waals surface area (Å²) in [7, 11) is 1.75. The highest BCUT2D eigenvalue weighted by atomic mass is 35.5. The number of nitrogens with zero attached hydrogens (tertiary/aromatic N) is 3. The Hall–Kier alpha value is -4.04. The number of rotatable bonds is 5. The number of carbonyl (C=O) groups is 1. The number of benzodiazepines with no additional fused rings is 1. The number of anilines is 1. The summed E-state index contributed by atoms with van der Waals surface area (Å²) in [6.45, 7) is 1.28. The van der Waals surface area contributed by atoms with Gasteiger partial charge in [0.1, 0.15) is 5.60 Å². The van der Waals surface area contributed by atoms with Crippen LogP contribution in [-0.4, -0.2) is 53.0 Å². The van der Waals surface area contributed by atoms with Crippen molar-refractivity contribution in [1.29, 1.82) is 0 Å². The molecule has 0 saturated carbocycles. The Morgan fingerprint density at radius 2 is 1.47 bits per heavy atom. The van der Waals surface area contributed by atoms with Crippen molar-refractivity contribution in [2.45, 2.75) is 24.6 Å². The van der Waals surface area contributed by atoms with Crippen molar-refractivity contribution in [2.24, 2.45) is 10.9 Å². The smallest absolute Gasteiger partial charge is 0.272 e. The van der Waals surface area contributed by atoms with Gasteiger partial charge in [-0.05, 0) is 60.3 Å². The monoisotopic (exact) mass is 608 g/mol. The highest BCUT2D eigenvalue weighted by Crippen LogP contribution is 2.42. The summed E-state index contributed by atoms with van der Waals surface area (Å²) in [5.74, 6) is -0.224. The Morgan fingerprint density at radius 1 is 0.907 bits per heavy atom. The Kier molecular flexibility index (Phi) is 8.30. The summed E-state index contributed by atoms with van der Waals surface area (Å²) in [6.07, 6.45) is 0.536. The number of piperidine rings is 1. The molecule has 0 spiro atoms. The van der Waals surface area contributed by atoms with Gasteiger partial charge in [-0.2, -0.15) is 0 Å². The fourth-order valence-electron chi connectivity index (χ4n) is 6.20. The van der Waals surface area contributed by atoms with E-state index in [2.05, 4.69) is 10.2 Å². The molecule has 0 radical (unpaired) electrons. The summed E-state index contributed by atoms with van der Waals surface area (Å²) in [5, 5.41) is 16.6. The van der Waals surface area contributed by atoms with E-state index in [-0.39, 0.29) is 11.8 Å². The number of likely N-dealkylation sites (N-methyl/N-ethyl adjacent to an activating group) is 1. The van der Waals surface area contributed by atoms with Crippen LogP contribution in [0.2, 0.25) is 5.02 Å². The van der Waals surface area contributed by atoms with E-state index in [0.29, 0.717) is 28.9 Å². The average molecular weight is 609 g/mol. The number of amides is 1. The van der Waals surface area contributed by atoms with Crippen molar-refractivity contribution >= 4 is 46.2 Å². The molecule has 4 aromatic rings. The topological polar surface area (TPSA) is 68.2 Å². The van der Waals surface area contributed by atoms with Gasteiger partial charge >= 0.3 is 0 Å². The quantitative estimate of drug-likeness (QED) is 0.272. The first-order chi connectivity index (χ1) is 20.9. The molecule has 4 aromatic carbocycles. The molecule has 1 fully saturated rings. The van der Waals surface area contributed by atoms with Gasteiger partial charge in [-0.3, -0.25) is 4.79 Å². The average Bonchev–Trinajstić information content (AvgIpc) is 3.15. The molecule has 1 atom stereocenters. The predicted octanol–water partition coefficient (Wildman–Crippen LogP) is 6.00. The van der Waals surface area contributed by atoms with Gasteiger partial charge in [0, 0.05) is 36.3 Å². The Balaban J connectivity index is 1.23. The number of carbonyl (C=O) groups excluding carboxylic acids is 1. The lowest BCUT2D eigenvalue weighted by atomic mass is 9.72. The lowest BCUT2D eigenvalue weighted by Gasteiger charge is -2.43. The number of hydrogen-bond donors (Lipinski definition) is 2. The summed E-state index contributed by atoms with van der Waals surface area (Å²) in [6, 6.07) is 35.0. The summed E-state index contributed by atoms with van der Waals surface area (Å²) in [4.78, 5) is 22.3. The van der Waals surface area contributed by atoms with E-state index in [1.54, 1.807) is 18.0 Å². The summed E-state index contributed by atoms with van der Waals surface area (Å²) < 4.78 is 0. The molecule has 6 rings (SSSR count). The standard InChI is InChI=1S/C35H33ClN4O2S/c1-39-30-18-17-28(36)23-29(30)31(24-11-5-2-6-12-24)37-32(33(39)41)38-34(43)40-21-19-27(20-22-40)35(42,25-13-7-3-8-14-25)26-15-9-4-10-16-26/h2-18,23,27,32,42H,19-22H2,1H3,(H,38,43).